The Balaban J connectivity index is 0.00000625. The summed E-state index contributed by atoms with van der Waals surface area (Å²) in [6.45, 7) is 10.9. The van der Waals surface area contributed by atoms with E-state index in [0.717, 1.165) is 18.7 Å². The number of hydrogen-bond acceptors (Lipinski definition) is 4. The summed E-state index contributed by atoms with van der Waals surface area (Å²) in [5, 5.41) is 11.6. The molecule has 0 saturated heterocycles. The minimum absolute atomic E-state index is 0. The van der Waals surface area contributed by atoms with Crippen molar-refractivity contribution in [2.24, 2.45) is 10.1 Å². The highest BCUT2D eigenvalue weighted by Gasteiger charge is 2.13. The first-order valence-corrected chi connectivity index (χ1v) is 10.0. The first-order chi connectivity index (χ1) is 11.6. The van der Waals surface area contributed by atoms with Gasteiger partial charge in [0, 0.05) is 38.8 Å². The Hall–Kier alpha value is -0.910. The van der Waals surface area contributed by atoms with Crippen molar-refractivity contribution < 1.29 is 8.42 Å². The predicted octanol–water partition coefficient (Wildman–Crippen LogP) is 1.74. The summed E-state index contributed by atoms with van der Waals surface area (Å²) < 4.78 is 22.8. The maximum Gasteiger partial charge on any atom is 0.238 e. The lowest BCUT2D eigenvalue weighted by atomic mass is 10.2. The number of nitrogens with one attached hydrogen (secondary N) is 2. The molecule has 0 aliphatic carbocycles. The average Bonchev–Trinajstić information content (AvgIpc) is 2.53. The molecule has 26 heavy (non-hydrogen) atoms. The van der Waals surface area contributed by atoms with Crippen LogP contribution in [0.25, 0.3) is 0 Å². The highest BCUT2D eigenvalue weighted by atomic mass is 127. The number of nitrogens with zero attached hydrogens (tertiary/aromatic N) is 2. The van der Waals surface area contributed by atoms with Gasteiger partial charge in [-0.25, -0.2) is 13.6 Å². The molecule has 7 nitrogen and oxygen atoms in total. The number of nitrogens with two attached hydrogens (primary N) is 1. The van der Waals surface area contributed by atoms with Crippen LogP contribution in [0.5, 0.6) is 0 Å². The van der Waals surface area contributed by atoms with Crippen molar-refractivity contribution in [3.8, 4) is 0 Å². The van der Waals surface area contributed by atoms with Crippen LogP contribution in [0, 0.1) is 0 Å². The summed E-state index contributed by atoms with van der Waals surface area (Å²) in [6, 6.07) is 7.53. The highest BCUT2D eigenvalue weighted by Crippen LogP contribution is 2.09. The quantitative estimate of drug-likeness (QED) is 0.289. The van der Waals surface area contributed by atoms with Gasteiger partial charge in [-0.1, -0.05) is 12.1 Å². The Bertz CT molecular complexity index is 669. The van der Waals surface area contributed by atoms with Crippen molar-refractivity contribution in [3.63, 3.8) is 0 Å². The van der Waals surface area contributed by atoms with Gasteiger partial charge in [0.15, 0.2) is 5.96 Å². The fraction of sp³-hybridized carbons (Fsp3) is 0.588. The van der Waals surface area contributed by atoms with Crippen LogP contribution < -0.4 is 15.8 Å². The zero-order valence-corrected chi connectivity index (χ0v) is 19.3. The molecule has 0 unspecified atom stereocenters. The lowest BCUT2D eigenvalue weighted by Crippen LogP contribution is -2.45. The molecule has 0 spiro atoms. The normalized spacial score (nSPS) is 12.4. The van der Waals surface area contributed by atoms with E-state index in [1.54, 1.807) is 19.2 Å². The van der Waals surface area contributed by atoms with Gasteiger partial charge < -0.3 is 10.6 Å². The smallest absolute Gasteiger partial charge is 0.238 e. The second-order valence-corrected chi connectivity index (χ2v) is 8.03. The van der Waals surface area contributed by atoms with E-state index in [4.69, 9.17) is 5.14 Å². The van der Waals surface area contributed by atoms with E-state index >= 15 is 0 Å². The largest absolute Gasteiger partial charge is 0.355 e. The minimum Gasteiger partial charge on any atom is -0.355 e. The van der Waals surface area contributed by atoms with Crippen LogP contribution in [0.15, 0.2) is 34.2 Å². The zero-order chi connectivity index (χ0) is 19.0. The Morgan fingerprint density at radius 2 is 1.81 bits per heavy atom. The van der Waals surface area contributed by atoms with Crippen molar-refractivity contribution in [1.82, 2.24) is 15.5 Å². The maximum absolute atomic E-state index is 11.4. The Morgan fingerprint density at radius 1 is 1.19 bits per heavy atom. The summed E-state index contributed by atoms with van der Waals surface area (Å²) in [5.41, 5.74) is 0.820. The summed E-state index contributed by atoms with van der Waals surface area (Å²) in [4.78, 5) is 6.70. The van der Waals surface area contributed by atoms with Crippen molar-refractivity contribution in [2.75, 3.05) is 20.1 Å². The van der Waals surface area contributed by atoms with Crippen LogP contribution in [0.4, 0.5) is 0 Å². The first-order valence-electron chi connectivity index (χ1n) is 8.47. The highest BCUT2D eigenvalue weighted by molar-refractivity contribution is 14.0. The standard InChI is InChI=1S/C17H31N5O2S.HI/c1-13(2)22(14(3)4)10-9-20-17(19-5)21-12-15-7-6-8-16(11-15)25(18,23)24;/h6-8,11,13-14H,9-10,12H2,1-5H3,(H2,18,23,24)(H2,19,20,21);1H. The third-order valence-electron chi connectivity index (χ3n) is 3.90. The van der Waals surface area contributed by atoms with Gasteiger partial charge in [-0.2, -0.15) is 0 Å². The minimum atomic E-state index is -3.69. The number of primary sulfonamides is 1. The third-order valence-corrected chi connectivity index (χ3v) is 4.81. The molecule has 0 aliphatic heterocycles. The summed E-state index contributed by atoms with van der Waals surface area (Å²) in [6.07, 6.45) is 0. The van der Waals surface area contributed by atoms with Crippen molar-refractivity contribution in [1.29, 1.82) is 0 Å². The van der Waals surface area contributed by atoms with Gasteiger partial charge in [0.2, 0.25) is 10.0 Å². The number of rotatable bonds is 8. The molecule has 150 valence electrons. The molecule has 0 radical (unpaired) electrons. The fourth-order valence-corrected chi connectivity index (χ4v) is 3.24. The molecule has 0 aromatic heterocycles. The second kappa shape index (κ2) is 11.7. The van der Waals surface area contributed by atoms with Crippen molar-refractivity contribution in [2.45, 2.75) is 51.2 Å². The van der Waals surface area contributed by atoms with Crippen LogP contribution in [-0.2, 0) is 16.6 Å². The van der Waals surface area contributed by atoms with Gasteiger partial charge in [-0.3, -0.25) is 9.89 Å². The average molecular weight is 497 g/mol. The van der Waals surface area contributed by atoms with Crippen LogP contribution in [0.1, 0.15) is 33.3 Å². The molecule has 0 heterocycles. The van der Waals surface area contributed by atoms with E-state index in [2.05, 4.69) is 48.2 Å². The summed E-state index contributed by atoms with van der Waals surface area (Å²) >= 11 is 0. The van der Waals surface area contributed by atoms with E-state index in [0.29, 0.717) is 24.6 Å². The summed E-state index contributed by atoms with van der Waals surface area (Å²) in [5.74, 6) is 0.675. The molecule has 4 N–H and O–H groups in total. The number of halogens is 1. The van der Waals surface area contributed by atoms with E-state index in [1.807, 2.05) is 6.07 Å². The molecule has 1 aromatic carbocycles. The van der Waals surface area contributed by atoms with Gasteiger partial charge in [-0.05, 0) is 45.4 Å². The van der Waals surface area contributed by atoms with Crippen LogP contribution in [0.2, 0.25) is 0 Å². The number of aliphatic imine (C=N–C) groups is 1. The monoisotopic (exact) mass is 497 g/mol. The van der Waals surface area contributed by atoms with Crippen molar-refractivity contribution >= 4 is 40.0 Å². The molecule has 0 fully saturated rings. The summed E-state index contributed by atoms with van der Waals surface area (Å²) in [7, 11) is -1.98. The molecule has 0 atom stereocenters. The first kappa shape index (κ1) is 25.1. The second-order valence-electron chi connectivity index (χ2n) is 6.47. The number of hydrogen-bond donors (Lipinski definition) is 3. The molecule has 0 bridgehead atoms. The Morgan fingerprint density at radius 3 is 2.31 bits per heavy atom. The number of sulfonamides is 1. The third kappa shape index (κ3) is 8.65. The van der Waals surface area contributed by atoms with Crippen molar-refractivity contribution in [3.05, 3.63) is 29.8 Å². The van der Waals surface area contributed by atoms with Crippen LogP contribution in [-0.4, -0.2) is 51.5 Å². The van der Waals surface area contributed by atoms with Gasteiger partial charge in [-0.15, -0.1) is 24.0 Å². The fourth-order valence-electron chi connectivity index (χ4n) is 2.65. The van der Waals surface area contributed by atoms with Gasteiger partial charge in [0.05, 0.1) is 4.90 Å². The van der Waals surface area contributed by atoms with Crippen LogP contribution in [0.3, 0.4) is 0 Å². The van der Waals surface area contributed by atoms with E-state index < -0.39 is 10.0 Å². The van der Waals surface area contributed by atoms with Gasteiger partial charge in [0.1, 0.15) is 0 Å². The Labute approximate surface area is 174 Å². The molecule has 1 rings (SSSR count). The number of benzene rings is 1. The van der Waals surface area contributed by atoms with Gasteiger partial charge >= 0.3 is 0 Å². The topological polar surface area (TPSA) is 99.8 Å². The predicted molar refractivity (Wildman–Crippen MR) is 118 cm³/mol. The van der Waals surface area contributed by atoms with E-state index in [1.165, 1.54) is 6.07 Å². The molecule has 0 amide bonds. The molecule has 9 heteroatoms. The number of guanidine groups is 1. The SMILES string of the molecule is CN=C(NCCN(C(C)C)C(C)C)NCc1cccc(S(N)(=O)=O)c1.I. The maximum atomic E-state index is 11.4. The van der Waals surface area contributed by atoms with Crippen LogP contribution >= 0.6 is 24.0 Å². The lowest BCUT2D eigenvalue weighted by molar-refractivity contribution is 0.178. The lowest BCUT2D eigenvalue weighted by Gasteiger charge is -2.30. The molecule has 1 aromatic rings. The van der Waals surface area contributed by atoms with E-state index in [9.17, 15) is 8.42 Å². The molecular weight excluding hydrogens is 465 g/mol. The molecule has 0 aliphatic rings. The van der Waals surface area contributed by atoms with Gasteiger partial charge in [0.25, 0.3) is 0 Å². The van der Waals surface area contributed by atoms with E-state index in [-0.39, 0.29) is 28.9 Å². The molecular formula is C17H32IN5O2S. The molecule has 0 saturated carbocycles. The Kier molecular flexibility index (Phi) is 11.3. The zero-order valence-electron chi connectivity index (χ0n) is 16.2.